The molecular weight excluding hydrogens is 234 g/mol. The first kappa shape index (κ1) is 10.3. The SMILES string of the molecule is Cc1cccc(OP(=S)(Cl)Cl)c1. The van der Waals surface area contributed by atoms with Gasteiger partial charge in [0, 0.05) is 0 Å². The Morgan fingerprint density at radius 2 is 2.08 bits per heavy atom. The maximum Gasteiger partial charge on any atom is 0.289 e. The van der Waals surface area contributed by atoms with E-state index in [1.807, 2.05) is 25.1 Å². The monoisotopic (exact) mass is 240 g/mol. The van der Waals surface area contributed by atoms with Crippen molar-refractivity contribution in [1.29, 1.82) is 0 Å². The van der Waals surface area contributed by atoms with Crippen molar-refractivity contribution in [2.45, 2.75) is 6.92 Å². The Bertz CT molecular complexity index is 323. The van der Waals surface area contributed by atoms with Gasteiger partial charge in [-0.15, -0.1) is 0 Å². The van der Waals surface area contributed by atoms with E-state index in [-0.39, 0.29) is 0 Å². The van der Waals surface area contributed by atoms with Crippen molar-refractivity contribution in [2.75, 3.05) is 0 Å². The average molecular weight is 241 g/mol. The fraction of sp³-hybridized carbons (Fsp3) is 0.143. The average Bonchev–Trinajstić information content (AvgIpc) is 1.82. The maximum atomic E-state index is 5.59. The van der Waals surface area contributed by atoms with Gasteiger partial charge in [-0.3, -0.25) is 0 Å². The zero-order valence-electron chi connectivity index (χ0n) is 6.33. The van der Waals surface area contributed by atoms with E-state index in [0.29, 0.717) is 5.75 Å². The molecule has 0 atom stereocenters. The summed E-state index contributed by atoms with van der Waals surface area (Å²) < 4.78 is 5.14. The molecule has 0 heterocycles. The molecule has 0 amide bonds. The molecule has 5 heteroatoms. The van der Waals surface area contributed by atoms with Gasteiger partial charge in [0.15, 0.2) is 0 Å². The van der Waals surface area contributed by atoms with Gasteiger partial charge in [0.05, 0.1) is 0 Å². The summed E-state index contributed by atoms with van der Waals surface area (Å²) >= 11 is 15.9. The Hall–Kier alpha value is 0.250. The van der Waals surface area contributed by atoms with Crippen LogP contribution in [0, 0.1) is 6.92 Å². The fourth-order valence-corrected chi connectivity index (χ4v) is 1.89. The summed E-state index contributed by atoms with van der Waals surface area (Å²) in [5, 5.41) is 0. The van der Waals surface area contributed by atoms with Crippen LogP contribution in [0.3, 0.4) is 0 Å². The van der Waals surface area contributed by atoms with Crippen molar-refractivity contribution in [3.63, 3.8) is 0 Å². The number of halogens is 2. The van der Waals surface area contributed by atoms with Crippen LogP contribution in [0.4, 0.5) is 0 Å². The third-order valence-electron chi connectivity index (χ3n) is 1.20. The molecule has 0 N–H and O–H groups in total. The van der Waals surface area contributed by atoms with Gasteiger partial charge in [-0.2, -0.15) is 0 Å². The van der Waals surface area contributed by atoms with Crippen molar-refractivity contribution < 1.29 is 4.52 Å². The standard InChI is InChI=1S/C7H7Cl2OPS/c1-6-3-2-4-7(5-6)10-11(8,9)12/h2-5H,1H3. The zero-order valence-corrected chi connectivity index (χ0v) is 9.55. The molecule has 12 heavy (non-hydrogen) atoms. The molecule has 0 radical (unpaired) electrons. The lowest BCUT2D eigenvalue weighted by atomic mass is 10.2. The van der Waals surface area contributed by atoms with Crippen LogP contribution in [0.15, 0.2) is 24.3 Å². The van der Waals surface area contributed by atoms with Crippen molar-refractivity contribution in [3.05, 3.63) is 29.8 Å². The van der Waals surface area contributed by atoms with Crippen LogP contribution in [-0.2, 0) is 11.8 Å². The summed E-state index contributed by atoms with van der Waals surface area (Å²) in [6.45, 7) is 1.96. The molecule has 0 aliphatic rings. The molecule has 0 spiro atoms. The van der Waals surface area contributed by atoms with E-state index >= 15 is 0 Å². The van der Waals surface area contributed by atoms with Crippen LogP contribution >= 0.6 is 27.5 Å². The van der Waals surface area contributed by atoms with E-state index in [1.165, 1.54) is 0 Å². The molecule has 1 nitrogen and oxygen atoms in total. The van der Waals surface area contributed by atoms with Gasteiger partial charge >= 0.3 is 0 Å². The van der Waals surface area contributed by atoms with Crippen LogP contribution in [0.25, 0.3) is 0 Å². The normalized spacial score (nSPS) is 11.2. The molecule has 0 saturated heterocycles. The quantitative estimate of drug-likeness (QED) is 0.721. The zero-order chi connectivity index (χ0) is 9.19. The van der Waals surface area contributed by atoms with E-state index in [2.05, 4.69) is 0 Å². The summed E-state index contributed by atoms with van der Waals surface area (Å²) in [7, 11) is 0. The van der Waals surface area contributed by atoms with Crippen LogP contribution in [-0.4, -0.2) is 0 Å². The molecule has 0 aromatic heterocycles. The summed E-state index contributed by atoms with van der Waals surface area (Å²) in [5.41, 5.74) is 1.09. The Morgan fingerprint density at radius 3 is 2.58 bits per heavy atom. The largest absolute Gasteiger partial charge is 0.441 e. The lowest BCUT2D eigenvalue weighted by molar-refractivity contribution is 0.635. The highest BCUT2D eigenvalue weighted by Gasteiger charge is 2.09. The van der Waals surface area contributed by atoms with Crippen LogP contribution < -0.4 is 4.52 Å². The molecule has 0 aliphatic carbocycles. The van der Waals surface area contributed by atoms with Crippen LogP contribution in [0.5, 0.6) is 5.75 Å². The van der Waals surface area contributed by atoms with Crippen molar-refractivity contribution >= 4 is 39.3 Å². The second-order valence-corrected chi connectivity index (χ2v) is 9.45. The molecule has 1 rings (SSSR count). The summed E-state index contributed by atoms with van der Waals surface area (Å²) in [4.78, 5) is -2.63. The molecule has 0 unspecified atom stereocenters. The number of hydrogen-bond acceptors (Lipinski definition) is 2. The maximum absolute atomic E-state index is 5.59. The first-order valence-electron chi connectivity index (χ1n) is 3.23. The van der Waals surface area contributed by atoms with Gasteiger partial charge in [-0.25, -0.2) is 0 Å². The Labute approximate surface area is 86.3 Å². The highest BCUT2D eigenvalue weighted by atomic mass is 35.9. The fourth-order valence-electron chi connectivity index (χ4n) is 0.795. The number of aryl methyl sites for hydroxylation is 1. The lowest BCUT2D eigenvalue weighted by Gasteiger charge is -2.08. The topological polar surface area (TPSA) is 9.23 Å². The van der Waals surface area contributed by atoms with Crippen molar-refractivity contribution in [3.8, 4) is 5.75 Å². The third kappa shape index (κ3) is 3.77. The summed E-state index contributed by atoms with van der Waals surface area (Å²) in [6.07, 6.45) is 0. The third-order valence-corrected chi connectivity index (χ3v) is 2.26. The molecule has 1 aromatic rings. The van der Waals surface area contributed by atoms with Crippen LogP contribution in [0.1, 0.15) is 5.56 Å². The molecule has 0 aliphatic heterocycles. The molecular formula is C7H7Cl2OPS. The molecule has 66 valence electrons. The van der Waals surface area contributed by atoms with E-state index in [1.54, 1.807) is 6.07 Å². The van der Waals surface area contributed by atoms with E-state index < -0.39 is 4.97 Å². The Balaban J connectivity index is 2.84. The van der Waals surface area contributed by atoms with E-state index in [9.17, 15) is 0 Å². The molecule has 0 bridgehead atoms. The van der Waals surface area contributed by atoms with Gasteiger partial charge < -0.3 is 4.52 Å². The minimum absolute atomic E-state index is 0.628. The highest BCUT2D eigenvalue weighted by molar-refractivity contribution is 8.36. The lowest BCUT2D eigenvalue weighted by Crippen LogP contribution is -1.81. The second kappa shape index (κ2) is 3.97. The highest BCUT2D eigenvalue weighted by Crippen LogP contribution is 2.57. The van der Waals surface area contributed by atoms with E-state index in [0.717, 1.165) is 5.56 Å². The van der Waals surface area contributed by atoms with Gasteiger partial charge in [-0.1, -0.05) is 12.1 Å². The Morgan fingerprint density at radius 1 is 1.42 bits per heavy atom. The minimum atomic E-state index is -2.63. The predicted octanol–water partition coefficient (Wildman–Crippen LogP) is 4.08. The van der Waals surface area contributed by atoms with Gasteiger partial charge in [-0.05, 0) is 58.9 Å². The number of benzene rings is 1. The summed E-state index contributed by atoms with van der Waals surface area (Å²) in [5.74, 6) is 0.628. The van der Waals surface area contributed by atoms with Gasteiger partial charge in [0.25, 0.3) is 4.97 Å². The van der Waals surface area contributed by atoms with Crippen LogP contribution in [0.2, 0.25) is 0 Å². The summed E-state index contributed by atoms with van der Waals surface area (Å²) in [6, 6.07) is 7.44. The first-order valence-corrected chi connectivity index (χ1v) is 7.76. The predicted molar refractivity (Wildman–Crippen MR) is 57.8 cm³/mol. The van der Waals surface area contributed by atoms with Crippen molar-refractivity contribution in [1.82, 2.24) is 0 Å². The number of hydrogen-bond donors (Lipinski definition) is 0. The molecule has 0 saturated carbocycles. The Kier molecular flexibility index (Phi) is 3.42. The number of rotatable bonds is 2. The van der Waals surface area contributed by atoms with Gasteiger partial charge in [0.2, 0.25) is 0 Å². The minimum Gasteiger partial charge on any atom is -0.441 e. The molecule has 1 aromatic carbocycles. The second-order valence-electron chi connectivity index (χ2n) is 2.32. The van der Waals surface area contributed by atoms with E-state index in [4.69, 9.17) is 38.8 Å². The smallest absolute Gasteiger partial charge is 0.289 e. The first-order chi connectivity index (χ1) is 5.47. The van der Waals surface area contributed by atoms with Crippen molar-refractivity contribution in [2.24, 2.45) is 0 Å². The van der Waals surface area contributed by atoms with Gasteiger partial charge in [0.1, 0.15) is 5.75 Å². The molecule has 0 fully saturated rings.